The van der Waals surface area contributed by atoms with Gasteiger partial charge in [0.25, 0.3) is 11.8 Å². The number of thioether (sulfide) groups is 1. The van der Waals surface area contributed by atoms with Crippen LogP contribution >= 0.6 is 11.8 Å². The molecule has 0 saturated carbocycles. The molecule has 0 spiro atoms. The van der Waals surface area contributed by atoms with Gasteiger partial charge in [-0.25, -0.2) is 0 Å². The molecule has 0 aliphatic carbocycles. The Morgan fingerprint density at radius 2 is 1.81 bits per heavy atom. The van der Waals surface area contributed by atoms with Crippen molar-refractivity contribution in [2.24, 2.45) is 0 Å². The summed E-state index contributed by atoms with van der Waals surface area (Å²) in [5, 5.41) is -0.567. The average molecular weight is 453 g/mol. The summed E-state index contributed by atoms with van der Waals surface area (Å²) in [7, 11) is 0. The smallest absolute Gasteiger partial charge is 0.260 e. The van der Waals surface area contributed by atoms with Crippen molar-refractivity contribution in [3.63, 3.8) is 0 Å². The number of fused-ring (bicyclic) bond motifs is 2. The van der Waals surface area contributed by atoms with Gasteiger partial charge in [-0.15, -0.1) is 11.8 Å². The molecular formula is C23H24N4O4S. The van der Waals surface area contributed by atoms with Crippen LogP contribution < -0.4 is 9.64 Å². The first-order valence-electron chi connectivity index (χ1n) is 10.8. The molecule has 166 valence electrons. The largest absolute Gasteiger partial charge is 0.490 e. The Kier molecular flexibility index (Phi) is 5.73. The lowest BCUT2D eigenvalue weighted by atomic mass is 10.1. The highest BCUT2D eigenvalue weighted by Crippen LogP contribution is 2.35. The summed E-state index contributed by atoms with van der Waals surface area (Å²) in [5.41, 5.74) is 0.991. The van der Waals surface area contributed by atoms with Crippen molar-refractivity contribution in [3.8, 4) is 5.75 Å². The number of nitrogens with zero attached hydrogens (tertiary/aromatic N) is 4. The number of pyridine rings is 1. The molecule has 2 aromatic rings. The lowest BCUT2D eigenvalue weighted by molar-refractivity contribution is -0.133. The third-order valence-corrected chi connectivity index (χ3v) is 7.29. The Hall–Kier alpha value is -3.07. The fourth-order valence-electron chi connectivity index (χ4n) is 4.41. The van der Waals surface area contributed by atoms with Crippen LogP contribution in [0.3, 0.4) is 0 Å². The molecule has 1 aromatic heterocycles. The molecule has 2 fully saturated rings. The van der Waals surface area contributed by atoms with Crippen LogP contribution in [0.5, 0.6) is 5.75 Å². The summed E-state index contributed by atoms with van der Waals surface area (Å²) in [6.45, 7) is 1.62. The number of benzene rings is 1. The van der Waals surface area contributed by atoms with Gasteiger partial charge >= 0.3 is 0 Å². The zero-order valence-corrected chi connectivity index (χ0v) is 18.4. The van der Waals surface area contributed by atoms with Crippen LogP contribution in [0, 0.1) is 0 Å². The summed E-state index contributed by atoms with van der Waals surface area (Å²) in [6, 6.07) is 10.7. The number of anilines is 1. The van der Waals surface area contributed by atoms with Crippen molar-refractivity contribution in [1.82, 2.24) is 14.8 Å². The second-order valence-electron chi connectivity index (χ2n) is 8.04. The Bertz CT molecular complexity index is 1030. The van der Waals surface area contributed by atoms with E-state index in [1.807, 2.05) is 12.1 Å². The predicted molar refractivity (Wildman–Crippen MR) is 121 cm³/mol. The van der Waals surface area contributed by atoms with Gasteiger partial charge in [-0.1, -0.05) is 12.1 Å². The maximum Gasteiger partial charge on any atom is 0.260 e. The van der Waals surface area contributed by atoms with Crippen molar-refractivity contribution >= 4 is 35.2 Å². The minimum absolute atomic E-state index is 0.0445. The highest BCUT2D eigenvalue weighted by molar-refractivity contribution is 8.00. The number of hydrogen-bond donors (Lipinski definition) is 0. The van der Waals surface area contributed by atoms with E-state index in [0.717, 1.165) is 24.3 Å². The minimum atomic E-state index is -0.567. The van der Waals surface area contributed by atoms with E-state index < -0.39 is 5.37 Å². The number of carbonyl (C=O) groups excluding carboxylic acids is 3. The first-order chi connectivity index (χ1) is 15.6. The topological polar surface area (TPSA) is 83.1 Å². The summed E-state index contributed by atoms with van der Waals surface area (Å²) in [5.74, 6) is 1.04. The fraction of sp³-hybridized carbons (Fsp3) is 0.391. The maximum atomic E-state index is 13.3. The van der Waals surface area contributed by atoms with E-state index in [-0.39, 0.29) is 30.4 Å². The zero-order valence-electron chi connectivity index (χ0n) is 17.6. The van der Waals surface area contributed by atoms with Gasteiger partial charge in [0.2, 0.25) is 5.91 Å². The third-order valence-electron chi connectivity index (χ3n) is 6.09. The van der Waals surface area contributed by atoms with E-state index in [4.69, 9.17) is 4.74 Å². The van der Waals surface area contributed by atoms with Crippen molar-refractivity contribution in [2.75, 3.05) is 36.8 Å². The molecule has 5 rings (SSSR count). The molecule has 1 unspecified atom stereocenters. The molecule has 1 atom stereocenters. The molecule has 32 heavy (non-hydrogen) atoms. The number of hydrogen-bond acceptors (Lipinski definition) is 6. The lowest BCUT2D eigenvalue weighted by Crippen LogP contribution is -2.50. The third kappa shape index (κ3) is 3.92. The minimum Gasteiger partial charge on any atom is -0.490 e. The zero-order chi connectivity index (χ0) is 22.1. The Balaban J connectivity index is 1.28. The van der Waals surface area contributed by atoms with Crippen LogP contribution in [0.1, 0.15) is 23.2 Å². The van der Waals surface area contributed by atoms with Gasteiger partial charge in [-0.05, 0) is 24.3 Å². The molecule has 3 amide bonds. The molecule has 8 nitrogen and oxygen atoms in total. The molecule has 2 saturated heterocycles. The number of ether oxygens (including phenoxy) is 1. The maximum absolute atomic E-state index is 13.3. The summed E-state index contributed by atoms with van der Waals surface area (Å²) < 4.78 is 5.98. The summed E-state index contributed by atoms with van der Waals surface area (Å²) in [6.07, 6.45) is 4.88. The SMILES string of the molecule is O=C(CN1C(=O)C2SCCN2C(=O)c2ccccc21)N1CCC(Oc2ccncc2)CC1. The van der Waals surface area contributed by atoms with Crippen molar-refractivity contribution in [1.29, 1.82) is 0 Å². The molecule has 0 bridgehead atoms. The Labute approximate surface area is 190 Å². The van der Waals surface area contributed by atoms with E-state index >= 15 is 0 Å². The average Bonchev–Trinajstić information content (AvgIpc) is 3.30. The van der Waals surface area contributed by atoms with E-state index in [2.05, 4.69) is 4.98 Å². The normalized spacial score (nSPS) is 21.2. The first-order valence-corrected chi connectivity index (χ1v) is 11.8. The lowest BCUT2D eigenvalue weighted by Gasteiger charge is -2.34. The van der Waals surface area contributed by atoms with Gasteiger partial charge in [0.1, 0.15) is 18.4 Å². The van der Waals surface area contributed by atoms with Gasteiger partial charge in [-0.3, -0.25) is 24.3 Å². The van der Waals surface area contributed by atoms with E-state index in [0.29, 0.717) is 30.9 Å². The van der Waals surface area contributed by atoms with E-state index in [9.17, 15) is 14.4 Å². The van der Waals surface area contributed by atoms with Crippen LogP contribution in [-0.2, 0) is 9.59 Å². The molecule has 0 N–H and O–H groups in total. The number of rotatable bonds is 4. The number of piperidine rings is 1. The molecule has 1 aromatic carbocycles. The molecule has 0 radical (unpaired) electrons. The van der Waals surface area contributed by atoms with Crippen LogP contribution in [-0.4, -0.2) is 75.9 Å². The quantitative estimate of drug-likeness (QED) is 0.706. The van der Waals surface area contributed by atoms with Gasteiger partial charge in [0, 0.05) is 50.6 Å². The van der Waals surface area contributed by atoms with E-state index in [1.54, 1.807) is 46.5 Å². The van der Waals surface area contributed by atoms with Crippen molar-refractivity contribution < 1.29 is 19.1 Å². The van der Waals surface area contributed by atoms with Crippen molar-refractivity contribution in [3.05, 3.63) is 54.4 Å². The second-order valence-corrected chi connectivity index (χ2v) is 9.23. The Morgan fingerprint density at radius 3 is 2.59 bits per heavy atom. The van der Waals surface area contributed by atoms with Gasteiger partial charge in [0.05, 0.1) is 11.3 Å². The Morgan fingerprint density at radius 1 is 1.06 bits per heavy atom. The molecule has 4 heterocycles. The number of aromatic nitrogens is 1. The first kappa shape index (κ1) is 20.8. The van der Waals surface area contributed by atoms with Gasteiger partial charge < -0.3 is 14.5 Å². The fourth-order valence-corrected chi connectivity index (χ4v) is 5.59. The molecular weight excluding hydrogens is 428 g/mol. The number of likely N-dealkylation sites (tertiary alicyclic amines) is 1. The van der Waals surface area contributed by atoms with Crippen LogP contribution in [0.4, 0.5) is 5.69 Å². The number of amides is 3. The highest BCUT2D eigenvalue weighted by Gasteiger charge is 2.43. The van der Waals surface area contributed by atoms with Gasteiger partial charge in [0.15, 0.2) is 5.37 Å². The predicted octanol–water partition coefficient (Wildman–Crippen LogP) is 2.01. The molecule has 3 aliphatic heterocycles. The number of para-hydroxylation sites is 1. The number of carbonyl (C=O) groups is 3. The summed E-state index contributed by atoms with van der Waals surface area (Å²) >= 11 is 1.46. The van der Waals surface area contributed by atoms with E-state index in [1.165, 1.54) is 16.7 Å². The molecule has 9 heteroatoms. The van der Waals surface area contributed by atoms with Crippen LogP contribution in [0.2, 0.25) is 0 Å². The van der Waals surface area contributed by atoms with Crippen LogP contribution in [0.25, 0.3) is 0 Å². The van der Waals surface area contributed by atoms with Crippen LogP contribution in [0.15, 0.2) is 48.8 Å². The molecule has 3 aliphatic rings. The standard InChI is InChI=1S/C23H24N4O4S/c28-20(25-11-7-17(8-12-25)31-16-5-9-24-10-6-16)15-27-19-4-2-1-3-18(19)21(29)26-13-14-32-23(26)22(27)30/h1-6,9-10,17,23H,7-8,11-15H2. The second kappa shape index (κ2) is 8.82. The van der Waals surface area contributed by atoms with Gasteiger partial charge in [-0.2, -0.15) is 0 Å². The highest BCUT2D eigenvalue weighted by atomic mass is 32.2. The van der Waals surface area contributed by atoms with Crippen molar-refractivity contribution in [2.45, 2.75) is 24.3 Å². The monoisotopic (exact) mass is 452 g/mol. The summed E-state index contributed by atoms with van der Waals surface area (Å²) in [4.78, 5) is 48.4.